The van der Waals surface area contributed by atoms with E-state index in [1.54, 1.807) is 24.1 Å². The Morgan fingerprint density at radius 1 is 1.53 bits per heavy atom. The van der Waals surface area contributed by atoms with Crippen molar-refractivity contribution in [2.24, 2.45) is 7.05 Å². The van der Waals surface area contributed by atoms with Gasteiger partial charge in [-0.05, 0) is 18.2 Å². The average Bonchev–Trinajstić information content (AvgIpc) is 2.74. The topological polar surface area (TPSA) is 72.2 Å². The van der Waals surface area contributed by atoms with Gasteiger partial charge in [0.1, 0.15) is 5.82 Å². The molecule has 0 saturated heterocycles. The Kier molecular flexibility index (Phi) is 3.75. The highest BCUT2D eigenvalue weighted by atomic mass is 32.2. The van der Waals surface area contributed by atoms with E-state index in [-0.39, 0.29) is 10.6 Å². The minimum absolute atomic E-state index is 0.207. The number of carbonyl (C=O) groups is 1. The van der Waals surface area contributed by atoms with Crippen LogP contribution in [0.15, 0.2) is 35.5 Å². The summed E-state index contributed by atoms with van der Waals surface area (Å²) in [7, 11) is 0.303. The Hall–Kier alpha value is -2.02. The number of carboxylic acid groups (broad SMARTS) is 1. The van der Waals surface area contributed by atoms with Gasteiger partial charge in [-0.3, -0.25) is 8.89 Å². The monoisotopic (exact) mass is 282 g/mol. The Morgan fingerprint density at radius 3 is 2.84 bits per heavy atom. The van der Waals surface area contributed by atoms with E-state index in [1.807, 2.05) is 0 Å². The van der Waals surface area contributed by atoms with Crippen LogP contribution in [-0.4, -0.2) is 25.1 Å². The first-order valence-electron chi connectivity index (χ1n) is 5.36. The van der Waals surface area contributed by atoms with Gasteiger partial charge in [0.05, 0.1) is 28.3 Å². The second-order valence-corrected chi connectivity index (χ2v) is 5.41. The molecule has 0 aliphatic heterocycles. The van der Waals surface area contributed by atoms with Gasteiger partial charge < -0.3 is 5.11 Å². The molecule has 2 aromatic rings. The molecular weight excluding hydrogens is 271 g/mol. The highest BCUT2D eigenvalue weighted by Gasteiger charge is 2.14. The highest BCUT2D eigenvalue weighted by Crippen LogP contribution is 2.16. The molecule has 19 heavy (non-hydrogen) atoms. The maximum absolute atomic E-state index is 13.2. The predicted octanol–water partition coefficient (Wildman–Crippen LogP) is 1.57. The molecule has 0 saturated carbocycles. The average molecular weight is 282 g/mol. The molecule has 1 N–H and O–H groups in total. The predicted molar refractivity (Wildman–Crippen MR) is 66.7 cm³/mol. The van der Waals surface area contributed by atoms with E-state index in [4.69, 9.17) is 5.11 Å². The number of carboxylic acids is 1. The lowest BCUT2D eigenvalue weighted by Gasteiger charge is -2.03. The molecule has 0 spiro atoms. The van der Waals surface area contributed by atoms with Gasteiger partial charge in [-0.2, -0.15) is 5.10 Å². The maximum Gasteiger partial charge on any atom is 0.338 e. The third-order valence-electron chi connectivity index (χ3n) is 2.49. The zero-order valence-electron chi connectivity index (χ0n) is 10.0. The normalized spacial score (nSPS) is 12.3. The molecule has 0 amide bonds. The molecule has 1 aromatic heterocycles. The molecule has 7 heteroatoms. The van der Waals surface area contributed by atoms with Gasteiger partial charge in [-0.1, -0.05) is 0 Å². The summed E-state index contributed by atoms with van der Waals surface area (Å²) in [5.41, 5.74) is 0.291. The van der Waals surface area contributed by atoms with Crippen LogP contribution in [0, 0.1) is 5.82 Å². The van der Waals surface area contributed by atoms with Crippen molar-refractivity contribution in [3.63, 3.8) is 0 Å². The minimum Gasteiger partial charge on any atom is -0.478 e. The molecule has 0 aliphatic rings. The molecule has 0 bridgehead atoms. The van der Waals surface area contributed by atoms with Gasteiger partial charge in [0, 0.05) is 23.7 Å². The summed E-state index contributed by atoms with van der Waals surface area (Å²) in [6.07, 6.45) is 3.30. The molecule has 0 fully saturated rings. The summed E-state index contributed by atoms with van der Waals surface area (Å²) in [4.78, 5) is 11.1. The van der Waals surface area contributed by atoms with Crippen LogP contribution in [0.1, 0.15) is 15.9 Å². The van der Waals surface area contributed by atoms with E-state index in [1.165, 1.54) is 6.07 Å². The number of aromatic nitrogens is 2. The smallest absolute Gasteiger partial charge is 0.338 e. The number of aromatic carboxylic acids is 1. The van der Waals surface area contributed by atoms with E-state index in [9.17, 15) is 13.4 Å². The van der Waals surface area contributed by atoms with Crippen molar-refractivity contribution in [1.29, 1.82) is 0 Å². The van der Waals surface area contributed by atoms with E-state index < -0.39 is 28.1 Å². The van der Waals surface area contributed by atoms with Gasteiger partial charge in [0.25, 0.3) is 0 Å². The molecule has 1 atom stereocenters. The number of halogens is 1. The van der Waals surface area contributed by atoms with Crippen molar-refractivity contribution in [2.45, 2.75) is 10.6 Å². The first-order valence-corrected chi connectivity index (χ1v) is 6.68. The van der Waals surface area contributed by atoms with E-state index >= 15 is 0 Å². The van der Waals surface area contributed by atoms with E-state index in [2.05, 4.69) is 5.10 Å². The lowest BCUT2D eigenvalue weighted by atomic mass is 10.2. The number of hydrogen-bond acceptors (Lipinski definition) is 3. The third-order valence-corrected chi connectivity index (χ3v) is 3.86. The fourth-order valence-electron chi connectivity index (χ4n) is 1.59. The fourth-order valence-corrected chi connectivity index (χ4v) is 2.68. The van der Waals surface area contributed by atoms with Crippen molar-refractivity contribution < 1.29 is 18.5 Å². The molecular formula is C12H11FN2O3S. The summed E-state index contributed by atoms with van der Waals surface area (Å²) in [5, 5.41) is 12.8. The highest BCUT2D eigenvalue weighted by molar-refractivity contribution is 7.84. The number of hydrogen-bond donors (Lipinski definition) is 1. The van der Waals surface area contributed by atoms with Crippen molar-refractivity contribution >= 4 is 16.8 Å². The lowest BCUT2D eigenvalue weighted by molar-refractivity contribution is 0.0691. The Morgan fingerprint density at radius 2 is 2.26 bits per heavy atom. The van der Waals surface area contributed by atoms with E-state index in [0.29, 0.717) is 0 Å². The van der Waals surface area contributed by atoms with Gasteiger partial charge in [0.2, 0.25) is 0 Å². The van der Waals surface area contributed by atoms with Crippen LogP contribution in [0.25, 0.3) is 0 Å². The van der Waals surface area contributed by atoms with Crippen LogP contribution < -0.4 is 0 Å². The van der Waals surface area contributed by atoms with Crippen LogP contribution in [-0.2, 0) is 23.6 Å². The Balaban J connectivity index is 2.24. The second-order valence-electron chi connectivity index (χ2n) is 3.96. The van der Waals surface area contributed by atoms with Crippen molar-refractivity contribution in [1.82, 2.24) is 9.78 Å². The molecule has 2 rings (SSSR count). The van der Waals surface area contributed by atoms with Crippen molar-refractivity contribution in [3.8, 4) is 0 Å². The lowest BCUT2D eigenvalue weighted by Crippen LogP contribution is -2.03. The standard InChI is InChI=1S/C12H11FN2O3S/c1-15-6-8(5-14-15)7-19(18)9-2-3-11(13)10(4-9)12(16)17/h2-6H,7H2,1H3,(H,16,17). The Labute approximate surface area is 111 Å². The number of rotatable bonds is 4. The third kappa shape index (κ3) is 3.05. The van der Waals surface area contributed by atoms with Crippen molar-refractivity contribution in [3.05, 3.63) is 47.5 Å². The van der Waals surface area contributed by atoms with Crippen LogP contribution in [0.4, 0.5) is 4.39 Å². The number of nitrogens with zero attached hydrogens (tertiary/aromatic N) is 2. The zero-order valence-corrected chi connectivity index (χ0v) is 10.9. The molecule has 0 radical (unpaired) electrons. The first-order chi connectivity index (χ1) is 8.97. The zero-order chi connectivity index (χ0) is 14.0. The maximum atomic E-state index is 13.2. The molecule has 1 heterocycles. The summed E-state index contributed by atoms with van der Waals surface area (Å²) in [5.74, 6) is -2.01. The van der Waals surface area contributed by atoms with Crippen LogP contribution in [0.2, 0.25) is 0 Å². The van der Waals surface area contributed by atoms with Gasteiger partial charge >= 0.3 is 5.97 Å². The van der Waals surface area contributed by atoms with Crippen LogP contribution >= 0.6 is 0 Å². The van der Waals surface area contributed by atoms with Crippen LogP contribution in [0.3, 0.4) is 0 Å². The second kappa shape index (κ2) is 5.31. The van der Waals surface area contributed by atoms with Gasteiger partial charge in [0.15, 0.2) is 0 Å². The number of benzene rings is 1. The SMILES string of the molecule is Cn1cc(CS(=O)c2ccc(F)c(C(=O)O)c2)cn1. The van der Waals surface area contributed by atoms with Crippen molar-refractivity contribution in [2.75, 3.05) is 0 Å². The van der Waals surface area contributed by atoms with Gasteiger partial charge in [-0.25, -0.2) is 9.18 Å². The van der Waals surface area contributed by atoms with Gasteiger partial charge in [-0.15, -0.1) is 0 Å². The molecule has 1 aromatic carbocycles. The summed E-state index contributed by atoms with van der Waals surface area (Å²) < 4.78 is 26.9. The first kappa shape index (κ1) is 13.4. The molecule has 0 aliphatic carbocycles. The molecule has 100 valence electrons. The summed E-state index contributed by atoms with van der Waals surface area (Å²) in [6, 6.07) is 3.44. The largest absolute Gasteiger partial charge is 0.478 e. The van der Waals surface area contributed by atoms with E-state index in [0.717, 1.165) is 17.7 Å². The number of aryl methyl sites for hydroxylation is 1. The van der Waals surface area contributed by atoms with Crippen LogP contribution in [0.5, 0.6) is 0 Å². The summed E-state index contributed by atoms with van der Waals surface area (Å²) in [6.45, 7) is 0. The minimum atomic E-state index is -1.44. The fraction of sp³-hybridized carbons (Fsp3) is 0.167. The summed E-state index contributed by atoms with van der Waals surface area (Å²) >= 11 is 0. The Bertz CT molecular complexity index is 654. The quantitative estimate of drug-likeness (QED) is 0.923. The molecule has 1 unspecified atom stereocenters. The molecule has 5 nitrogen and oxygen atoms in total.